The van der Waals surface area contributed by atoms with E-state index >= 15 is 0 Å². The third-order valence-corrected chi connectivity index (χ3v) is 5.50. The molecule has 0 saturated carbocycles. The maximum absolute atomic E-state index is 9.21. The van der Waals surface area contributed by atoms with Crippen molar-refractivity contribution in [3.63, 3.8) is 0 Å². The second-order valence-corrected chi connectivity index (χ2v) is 8.41. The van der Waals surface area contributed by atoms with Gasteiger partial charge in [0.15, 0.2) is 11.5 Å². The maximum Gasteiger partial charge on any atom is 0.182 e. The van der Waals surface area contributed by atoms with Crippen molar-refractivity contribution < 1.29 is 5.11 Å². The Balaban J connectivity index is 1.84. The molecule has 0 unspecified atom stereocenters. The van der Waals surface area contributed by atoms with Gasteiger partial charge in [0.25, 0.3) is 0 Å². The molecule has 6 nitrogen and oxygen atoms in total. The Morgan fingerprint density at radius 2 is 1.75 bits per heavy atom. The second-order valence-electron chi connectivity index (χ2n) is 8.41. The smallest absolute Gasteiger partial charge is 0.182 e. The highest BCUT2D eigenvalue weighted by molar-refractivity contribution is 5.94. The normalized spacial score (nSPS) is 12.4. The average molecular weight is 377 g/mol. The first-order valence-corrected chi connectivity index (χ1v) is 9.74. The number of benzene rings is 1. The van der Waals surface area contributed by atoms with E-state index in [1.807, 2.05) is 0 Å². The minimum atomic E-state index is 0.118. The molecule has 0 fully saturated rings. The lowest BCUT2D eigenvalue weighted by molar-refractivity contribution is 0.280. The molecule has 1 aromatic carbocycles. The Hall–Kier alpha value is -2.73. The molecule has 0 amide bonds. The minimum Gasteiger partial charge on any atom is -0.396 e. The predicted octanol–water partition coefficient (Wildman–Crippen LogP) is 4.04. The third-order valence-electron chi connectivity index (χ3n) is 5.50. The lowest BCUT2D eigenvalue weighted by atomic mass is 9.87. The van der Waals surface area contributed by atoms with Crippen LogP contribution in [-0.4, -0.2) is 35.9 Å². The zero-order valence-corrected chi connectivity index (χ0v) is 17.2. The molecule has 3 heterocycles. The van der Waals surface area contributed by atoms with E-state index in [1.54, 1.807) is 10.8 Å². The van der Waals surface area contributed by atoms with Crippen LogP contribution in [0.25, 0.3) is 28.1 Å². The molecular formula is C22H27N5O. The quantitative estimate of drug-likeness (QED) is 0.583. The van der Waals surface area contributed by atoms with Gasteiger partial charge in [0.05, 0.1) is 5.39 Å². The number of aromatic nitrogens is 5. The lowest BCUT2D eigenvalue weighted by Crippen LogP contribution is -2.10. The van der Waals surface area contributed by atoms with Crippen molar-refractivity contribution >= 4 is 16.7 Å². The van der Waals surface area contributed by atoms with Gasteiger partial charge in [-0.3, -0.25) is 0 Å². The van der Waals surface area contributed by atoms with Crippen LogP contribution < -0.4 is 0 Å². The van der Waals surface area contributed by atoms with Crippen LogP contribution in [0.2, 0.25) is 0 Å². The van der Waals surface area contributed by atoms with Gasteiger partial charge in [-0.1, -0.05) is 45.0 Å². The maximum atomic E-state index is 9.21. The summed E-state index contributed by atoms with van der Waals surface area (Å²) >= 11 is 0. The molecule has 0 radical (unpaired) electrons. The number of nitrogens with zero attached hydrogens (tertiary/aromatic N) is 5. The van der Waals surface area contributed by atoms with Gasteiger partial charge in [-0.15, -0.1) is 5.10 Å². The first-order chi connectivity index (χ1) is 13.3. The van der Waals surface area contributed by atoms with Gasteiger partial charge in [-0.2, -0.15) is 0 Å². The molecule has 3 aromatic heterocycles. The van der Waals surface area contributed by atoms with Crippen molar-refractivity contribution in [2.45, 2.75) is 53.0 Å². The highest BCUT2D eigenvalue weighted by Crippen LogP contribution is 2.29. The van der Waals surface area contributed by atoms with Gasteiger partial charge in [-0.05, 0) is 36.8 Å². The van der Waals surface area contributed by atoms with Crippen LogP contribution in [0.4, 0.5) is 0 Å². The SMILES string of the molecule is Cc1c(C)n(CCCO)c2ncn3nc(-c4ccc(C(C)(C)C)cc4)nc3c12. The highest BCUT2D eigenvalue weighted by Gasteiger charge is 2.19. The first-order valence-electron chi connectivity index (χ1n) is 9.74. The van der Waals surface area contributed by atoms with E-state index in [1.165, 1.54) is 5.56 Å². The molecule has 0 aliphatic rings. The number of aliphatic hydroxyl groups excluding tert-OH is 1. The summed E-state index contributed by atoms with van der Waals surface area (Å²) in [4.78, 5) is 9.49. The summed E-state index contributed by atoms with van der Waals surface area (Å²) in [6.07, 6.45) is 2.43. The van der Waals surface area contributed by atoms with Crippen LogP contribution in [-0.2, 0) is 12.0 Å². The van der Waals surface area contributed by atoms with E-state index in [0.717, 1.165) is 40.0 Å². The van der Waals surface area contributed by atoms with E-state index in [0.29, 0.717) is 12.2 Å². The number of aryl methyl sites for hydroxylation is 2. The van der Waals surface area contributed by atoms with Gasteiger partial charge in [-0.25, -0.2) is 14.5 Å². The Morgan fingerprint density at radius 1 is 1.04 bits per heavy atom. The zero-order valence-electron chi connectivity index (χ0n) is 17.2. The lowest BCUT2D eigenvalue weighted by Gasteiger charge is -2.18. The number of hydrogen-bond donors (Lipinski definition) is 1. The van der Waals surface area contributed by atoms with Crippen LogP contribution in [0.15, 0.2) is 30.6 Å². The fourth-order valence-corrected chi connectivity index (χ4v) is 3.67. The molecule has 146 valence electrons. The molecule has 0 bridgehead atoms. The molecule has 4 aromatic rings. The van der Waals surface area contributed by atoms with Gasteiger partial charge >= 0.3 is 0 Å². The Bertz CT molecular complexity index is 1150. The predicted molar refractivity (Wildman–Crippen MR) is 112 cm³/mol. The molecule has 1 N–H and O–H groups in total. The number of hydrogen-bond acceptors (Lipinski definition) is 4. The molecule has 0 spiro atoms. The van der Waals surface area contributed by atoms with Crippen molar-refractivity contribution in [1.82, 2.24) is 24.1 Å². The summed E-state index contributed by atoms with van der Waals surface area (Å²) in [5.74, 6) is 0.704. The summed E-state index contributed by atoms with van der Waals surface area (Å²) in [7, 11) is 0. The van der Waals surface area contributed by atoms with E-state index in [4.69, 9.17) is 4.98 Å². The molecule has 6 heteroatoms. The van der Waals surface area contributed by atoms with E-state index < -0.39 is 0 Å². The van der Waals surface area contributed by atoms with Crippen molar-refractivity contribution in [3.05, 3.63) is 47.4 Å². The topological polar surface area (TPSA) is 68.2 Å². The van der Waals surface area contributed by atoms with Crippen LogP contribution in [0.1, 0.15) is 44.0 Å². The standard InChI is InChI=1S/C22H27N5O/c1-14-15(2)26(11-6-12-28)20-18(14)21-24-19(25-27(21)13-23-20)16-7-9-17(10-8-16)22(3,4)5/h7-10,13,28H,6,11-12H2,1-5H3. The van der Waals surface area contributed by atoms with Crippen molar-refractivity contribution in [2.75, 3.05) is 6.61 Å². The number of rotatable bonds is 4. The van der Waals surface area contributed by atoms with E-state index in [9.17, 15) is 5.11 Å². The summed E-state index contributed by atoms with van der Waals surface area (Å²) in [5.41, 5.74) is 6.44. The van der Waals surface area contributed by atoms with Crippen molar-refractivity contribution in [2.24, 2.45) is 0 Å². The number of aliphatic hydroxyl groups is 1. The van der Waals surface area contributed by atoms with E-state index in [-0.39, 0.29) is 12.0 Å². The van der Waals surface area contributed by atoms with Crippen molar-refractivity contribution in [3.8, 4) is 11.4 Å². The summed E-state index contributed by atoms with van der Waals surface area (Å²) in [5, 5.41) is 14.9. The van der Waals surface area contributed by atoms with Gasteiger partial charge in [0.2, 0.25) is 0 Å². The van der Waals surface area contributed by atoms with Crippen molar-refractivity contribution in [1.29, 1.82) is 0 Å². The van der Waals surface area contributed by atoms with Gasteiger partial charge < -0.3 is 9.67 Å². The second kappa shape index (κ2) is 6.71. The number of fused-ring (bicyclic) bond motifs is 3. The molecule has 0 atom stereocenters. The van der Waals surface area contributed by atoms with E-state index in [2.05, 4.69) is 73.5 Å². The molecule has 0 saturated heterocycles. The molecule has 0 aliphatic carbocycles. The zero-order chi connectivity index (χ0) is 20.1. The van der Waals surface area contributed by atoms with Gasteiger partial charge in [0.1, 0.15) is 12.0 Å². The molecule has 28 heavy (non-hydrogen) atoms. The Morgan fingerprint density at radius 3 is 2.39 bits per heavy atom. The fraction of sp³-hybridized carbons (Fsp3) is 0.409. The largest absolute Gasteiger partial charge is 0.396 e. The highest BCUT2D eigenvalue weighted by atomic mass is 16.3. The van der Waals surface area contributed by atoms with Crippen LogP contribution >= 0.6 is 0 Å². The summed E-state index contributed by atoms with van der Waals surface area (Å²) < 4.78 is 3.92. The van der Waals surface area contributed by atoms with Crippen LogP contribution in [0.5, 0.6) is 0 Å². The average Bonchev–Trinajstić information content (AvgIpc) is 3.20. The van der Waals surface area contributed by atoms with Gasteiger partial charge in [0, 0.05) is 24.4 Å². The Kier molecular flexibility index (Phi) is 4.46. The monoisotopic (exact) mass is 377 g/mol. The Labute approximate surface area is 164 Å². The third kappa shape index (κ3) is 2.98. The summed E-state index contributed by atoms with van der Waals surface area (Å²) in [6, 6.07) is 8.47. The van der Waals surface area contributed by atoms with Crippen LogP contribution in [0, 0.1) is 13.8 Å². The van der Waals surface area contributed by atoms with Crippen LogP contribution in [0.3, 0.4) is 0 Å². The first kappa shape index (κ1) is 18.6. The molecule has 4 rings (SSSR count). The molecular weight excluding hydrogens is 350 g/mol. The fourth-order valence-electron chi connectivity index (χ4n) is 3.67. The summed E-state index contributed by atoms with van der Waals surface area (Å²) in [6.45, 7) is 11.7. The molecule has 0 aliphatic heterocycles. The minimum absolute atomic E-state index is 0.118.